The number of morpholine rings is 1. The third-order valence-electron chi connectivity index (χ3n) is 4.99. The van der Waals surface area contributed by atoms with Crippen LogP contribution in [-0.2, 0) is 11.8 Å². The Labute approximate surface area is 179 Å². The van der Waals surface area contributed by atoms with E-state index in [2.05, 4.69) is 19.9 Å². The SMILES string of the molecule is Cn1c(N2CCOC(c3ccc(N=CC=CN)cc3)C2)nc(-c2ccncn2)cc1=O. The van der Waals surface area contributed by atoms with Crippen LogP contribution in [0.25, 0.3) is 11.4 Å². The molecule has 1 aromatic carbocycles. The second-order valence-corrected chi connectivity index (χ2v) is 6.99. The summed E-state index contributed by atoms with van der Waals surface area (Å²) in [7, 11) is 1.72. The number of nitrogens with two attached hydrogens (primary N) is 1. The largest absolute Gasteiger partial charge is 0.405 e. The van der Waals surface area contributed by atoms with Crippen molar-refractivity contribution in [2.45, 2.75) is 6.10 Å². The monoisotopic (exact) mass is 417 g/mol. The first-order chi connectivity index (χ1) is 15.2. The van der Waals surface area contributed by atoms with E-state index in [1.807, 2.05) is 24.3 Å². The number of allylic oxidation sites excluding steroid dienone is 1. The van der Waals surface area contributed by atoms with Gasteiger partial charge in [0.2, 0.25) is 5.95 Å². The molecule has 9 heteroatoms. The summed E-state index contributed by atoms with van der Waals surface area (Å²) in [4.78, 5) is 31.8. The van der Waals surface area contributed by atoms with E-state index in [0.717, 1.165) is 11.3 Å². The summed E-state index contributed by atoms with van der Waals surface area (Å²) in [5, 5.41) is 0. The minimum Gasteiger partial charge on any atom is -0.405 e. The molecular weight excluding hydrogens is 394 g/mol. The molecule has 0 saturated carbocycles. The van der Waals surface area contributed by atoms with Gasteiger partial charge in [0.25, 0.3) is 5.56 Å². The van der Waals surface area contributed by atoms with E-state index < -0.39 is 0 Å². The minimum absolute atomic E-state index is 0.143. The van der Waals surface area contributed by atoms with Crippen molar-refractivity contribution < 1.29 is 4.74 Å². The van der Waals surface area contributed by atoms with Crippen molar-refractivity contribution in [3.8, 4) is 11.4 Å². The minimum atomic E-state index is -0.143. The van der Waals surface area contributed by atoms with Crippen LogP contribution in [0.4, 0.5) is 11.6 Å². The van der Waals surface area contributed by atoms with Crippen molar-refractivity contribution in [3.05, 3.63) is 77.1 Å². The van der Waals surface area contributed by atoms with E-state index in [-0.39, 0.29) is 11.7 Å². The Morgan fingerprint density at radius 1 is 1.23 bits per heavy atom. The highest BCUT2D eigenvalue weighted by molar-refractivity contribution is 5.74. The Morgan fingerprint density at radius 2 is 2.06 bits per heavy atom. The van der Waals surface area contributed by atoms with Crippen molar-refractivity contribution in [1.82, 2.24) is 19.5 Å². The smallest absolute Gasteiger partial charge is 0.255 e. The Kier molecular flexibility index (Phi) is 6.13. The summed E-state index contributed by atoms with van der Waals surface area (Å²) < 4.78 is 7.55. The Morgan fingerprint density at radius 3 is 2.81 bits per heavy atom. The van der Waals surface area contributed by atoms with Gasteiger partial charge in [-0.2, -0.15) is 0 Å². The number of aliphatic imine (C=N–C) groups is 1. The molecule has 0 radical (unpaired) electrons. The summed E-state index contributed by atoms with van der Waals surface area (Å²) in [5.41, 5.74) is 8.17. The molecule has 4 rings (SSSR count). The van der Waals surface area contributed by atoms with Crippen LogP contribution < -0.4 is 16.2 Å². The van der Waals surface area contributed by atoms with E-state index >= 15 is 0 Å². The van der Waals surface area contributed by atoms with Crippen molar-refractivity contribution in [3.63, 3.8) is 0 Å². The highest BCUT2D eigenvalue weighted by Gasteiger charge is 2.25. The summed E-state index contributed by atoms with van der Waals surface area (Å²) in [5.74, 6) is 0.587. The fraction of sp³-hybridized carbons (Fsp3) is 0.227. The number of ether oxygens (including phenoxy) is 1. The third-order valence-corrected chi connectivity index (χ3v) is 4.99. The quantitative estimate of drug-likeness (QED) is 0.632. The lowest BCUT2D eigenvalue weighted by molar-refractivity contribution is 0.0390. The Bertz CT molecular complexity index is 1140. The third kappa shape index (κ3) is 4.67. The lowest BCUT2D eigenvalue weighted by Crippen LogP contribution is -2.41. The van der Waals surface area contributed by atoms with Gasteiger partial charge in [-0.1, -0.05) is 12.1 Å². The molecule has 1 saturated heterocycles. The number of hydrogen-bond donors (Lipinski definition) is 1. The van der Waals surface area contributed by atoms with Gasteiger partial charge in [-0.25, -0.2) is 15.0 Å². The molecule has 3 heterocycles. The molecule has 1 atom stereocenters. The number of benzene rings is 1. The first-order valence-electron chi connectivity index (χ1n) is 9.87. The summed E-state index contributed by atoms with van der Waals surface area (Å²) in [6.45, 7) is 1.74. The molecule has 0 aliphatic carbocycles. The number of anilines is 1. The average Bonchev–Trinajstić information content (AvgIpc) is 2.82. The Balaban J connectivity index is 1.57. The van der Waals surface area contributed by atoms with Crippen LogP contribution >= 0.6 is 0 Å². The summed E-state index contributed by atoms with van der Waals surface area (Å²) >= 11 is 0. The fourth-order valence-electron chi connectivity index (χ4n) is 3.37. The maximum absolute atomic E-state index is 12.6. The van der Waals surface area contributed by atoms with Gasteiger partial charge in [0.15, 0.2) is 0 Å². The molecule has 158 valence electrons. The maximum atomic E-state index is 12.6. The molecule has 2 N–H and O–H groups in total. The van der Waals surface area contributed by atoms with Gasteiger partial charge in [0.05, 0.1) is 30.2 Å². The van der Waals surface area contributed by atoms with Crippen molar-refractivity contribution in [2.24, 2.45) is 17.8 Å². The van der Waals surface area contributed by atoms with Gasteiger partial charge in [-0.05, 0) is 36.0 Å². The van der Waals surface area contributed by atoms with Crippen LogP contribution in [-0.4, -0.2) is 45.4 Å². The molecule has 1 fully saturated rings. The van der Waals surface area contributed by atoms with Crippen molar-refractivity contribution in [2.75, 3.05) is 24.6 Å². The van der Waals surface area contributed by atoms with Crippen LogP contribution in [0.1, 0.15) is 11.7 Å². The van der Waals surface area contributed by atoms with E-state index in [0.29, 0.717) is 37.0 Å². The van der Waals surface area contributed by atoms with Crippen molar-refractivity contribution in [1.29, 1.82) is 0 Å². The molecule has 3 aromatic rings. The fourth-order valence-corrected chi connectivity index (χ4v) is 3.37. The zero-order chi connectivity index (χ0) is 21.6. The molecule has 0 bridgehead atoms. The first-order valence-corrected chi connectivity index (χ1v) is 9.87. The molecule has 1 aliphatic rings. The highest BCUT2D eigenvalue weighted by atomic mass is 16.5. The molecule has 1 unspecified atom stereocenters. The summed E-state index contributed by atoms with van der Waals surface area (Å²) in [6.07, 6.45) is 7.68. The van der Waals surface area contributed by atoms with Crippen LogP contribution in [0.15, 0.2) is 71.0 Å². The van der Waals surface area contributed by atoms with E-state index in [4.69, 9.17) is 15.5 Å². The lowest BCUT2D eigenvalue weighted by Gasteiger charge is -2.34. The Hall–Kier alpha value is -3.85. The first kappa shape index (κ1) is 20.4. The van der Waals surface area contributed by atoms with Gasteiger partial charge in [-0.15, -0.1) is 0 Å². The second kappa shape index (κ2) is 9.31. The number of aromatic nitrogens is 4. The lowest BCUT2D eigenvalue weighted by atomic mass is 10.1. The second-order valence-electron chi connectivity index (χ2n) is 6.99. The van der Waals surface area contributed by atoms with E-state index in [1.165, 1.54) is 18.6 Å². The average molecular weight is 417 g/mol. The molecular formula is C22H23N7O2. The van der Waals surface area contributed by atoms with E-state index in [9.17, 15) is 4.79 Å². The van der Waals surface area contributed by atoms with Crippen LogP contribution in [0, 0.1) is 0 Å². The zero-order valence-electron chi connectivity index (χ0n) is 17.1. The number of hydrogen-bond acceptors (Lipinski definition) is 8. The topological polar surface area (TPSA) is 112 Å². The predicted octanol–water partition coefficient (Wildman–Crippen LogP) is 1.99. The summed E-state index contributed by atoms with van der Waals surface area (Å²) in [6, 6.07) is 11.1. The van der Waals surface area contributed by atoms with Crippen LogP contribution in [0.2, 0.25) is 0 Å². The molecule has 2 aromatic heterocycles. The zero-order valence-corrected chi connectivity index (χ0v) is 17.1. The molecule has 9 nitrogen and oxygen atoms in total. The standard InChI is InChI=1S/C22H23N7O2/c1-28-21(30)13-19(18-7-10-24-15-26-18)27-22(28)29-11-12-31-20(14-29)16-3-5-17(6-4-16)25-9-2-8-23/h2-10,13,15,20H,11-12,14,23H2,1H3. The molecule has 1 aliphatic heterocycles. The molecule has 0 spiro atoms. The maximum Gasteiger partial charge on any atom is 0.255 e. The van der Waals surface area contributed by atoms with Crippen LogP contribution in [0.3, 0.4) is 0 Å². The normalized spacial score (nSPS) is 16.9. The van der Waals surface area contributed by atoms with Gasteiger partial charge >= 0.3 is 0 Å². The van der Waals surface area contributed by atoms with Gasteiger partial charge in [-0.3, -0.25) is 14.4 Å². The van der Waals surface area contributed by atoms with E-state index in [1.54, 1.807) is 36.2 Å². The van der Waals surface area contributed by atoms with Crippen LogP contribution in [0.5, 0.6) is 0 Å². The highest BCUT2D eigenvalue weighted by Crippen LogP contribution is 2.27. The molecule has 0 amide bonds. The number of nitrogens with zero attached hydrogens (tertiary/aromatic N) is 6. The number of rotatable bonds is 5. The molecule has 31 heavy (non-hydrogen) atoms. The van der Waals surface area contributed by atoms with Gasteiger partial charge in [0.1, 0.15) is 12.4 Å². The van der Waals surface area contributed by atoms with Gasteiger partial charge in [0, 0.05) is 32.1 Å². The van der Waals surface area contributed by atoms with Crippen molar-refractivity contribution >= 4 is 17.9 Å². The van der Waals surface area contributed by atoms with Gasteiger partial charge < -0.3 is 15.4 Å². The predicted molar refractivity (Wildman–Crippen MR) is 119 cm³/mol.